The Morgan fingerprint density at radius 3 is 2.67 bits per heavy atom. The first-order valence-corrected chi connectivity index (χ1v) is 10.6. The van der Waals surface area contributed by atoms with Gasteiger partial charge in [0.2, 0.25) is 5.91 Å². The molecule has 2 heterocycles. The summed E-state index contributed by atoms with van der Waals surface area (Å²) in [5.41, 5.74) is 0.737. The van der Waals surface area contributed by atoms with E-state index in [1.807, 2.05) is 12.1 Å². The topological polar surface area (TPSA) is 120 Å². The van der Waals surface area contributed by atoms with Gasteiger partial charge in [-0.25, -0.2) is 0 Å². The second-order valence-electron chi connectivity index (χ2n) is 6.86. The highest BCUT2D eigenvalue weighted by Crippen LogP contribution is 2.21. The van der Waals surface area contributed by atoms with Crippen LogP contribution in [0.4, 0.5) is 0 Å². The number of thiophene rings is 1. The molecule has 30 heavy (non-hydrogen) atoms. The van der Waals surface area contributed by atoms with Gasteiger partial charge in [0.25, 0.3) is 5.91 Å². The summed E-state index contributed by atoms with van der Waals surface area (Å²) in [4.78, 5) is 41.5. The molecule has 1 aromatic carbocycles. The fourth-order valence-corrected chi connectivity index (χ4v) is 3.93. The number of carbonyl (C=O) groups excluding carboxylic acids is 2. The summed E-state index contributed by atoms with van der Waals surface area (Å²) in [7, 11) is 0. The number of carboxylic acids is 1. The van der Waals surface area contributed by atoms with E-state index in [2.05, 4.69) is 20.9 Å². The summed E-state index contributed by atoms with van der Waals surface area (Å²) in [6.45, 7) is 1.51. The third-order valence-corrected chi connectivity index (χ3v) is 5.67. The second-order valence-corrected chi connectivity index (χ2v) is 8.03. The smallest absolute Gasteiger partial charge is 0.305 e. The highest BCUT2D eigenvalue weighted by Gasteiger charge is 2.20. The van der Waals surface area contributed by atoms with E-state index >= 15 is 0 Å². The van der Waals surface area contributed by atoms with Crippen LogP contribution in [0.15, 0.2) is 47.5 Å². The maximum absolute atomic E-state index is 12.6. The Balaban J connectivity index is 1.55. The van der Waals surface area contributed by atoms with Gasteiger partial charge in [0, 0.05) is 24.4 Å². The van der Waals surface area contributed by atoms with Crippen molar-refractivity contribution in [3.63, 3.8) is 0 Å². The molecule has 3 rings (SSSR count). The van der Waals surface area contributed by atoms with Gasteiger partial charge in [-0.1, -0.05) is 30.3 Å². The van der Waals surface area contributed by atoms with E-state index in [4.69, 9.17) is 0 Å². The van der Waals surface area contributed by atoms with Crippen molar-refractivity contribution >= 4 is 35.1 Å². The number of nitrogens with one attached hydrogen (secondary N) is 3. The number of benzene rings is 1. The number of aliphatic carboxylic acids is 1. The molecule has 4 N–H and O–H groups in total. The van der Waals surface area contributed by atoms with Crippen molar-refractivity contribution in [3.05, 3.63) is 57.8 Å². The summed E-state index contributed by atoms with van der Waals surface area (Å²) < 4.78 is 0. The number of aryl methyl sites for hydroxylation is 1. The van der Waals surface area contributed by atoms with Gasteiger partial charge in [-0.05, 0) is 30.5 Å². The molecular weight excluding hydrogens is 404 g/mol. The largest absolute Gasteiger partial charge is 0.481 e. The molecule has 2 amide bonds. The van der Waals surface area contributed by atoms with Gasteiger partial charge in [-0.3, -0.25) is 24.7 Å². The molecule has 0 spiro atoms. The van der Waals surface area contributed by atoms with Gasteiger partial charge in [0.05, 0.1) is 17.3 Å². The van der Waals surface area contributed by atoms with Crippen molar-refractivity contribution in [2.45, 2.75) is 31.7 Å². The number of rotatable bonds is 8. The van der Waals surface area contributed by atoms with Crippen LogP contribution < -0.4 is 16.0 Å². The third-order valence-electron chi connectivity index (χ3n) is 4.52. The van der Waals surface area contributed by atoms with Gasteiger partial charge >= 0.3 is 5.97 Å². The monoisotopic (exact) mass is 428 g/mol. The van der Waals surface area contributed by atoms with Gasteiger partial charge in [-0.2, -0.15) is 0 Å². The van der Waals surface area contributed by atoms with E-state index in [0.717, 1.165) is 23.4 Å². The SMILES string of the molecule is O=C(O)C[C@H](NC(=O)c1ccc(CCC(=O)NC2=NCCCN2)s1)c1ccccc1. The summed E-state index contributed by atoms with van der Waals surface area (Å²) in [6.07, 6.45) is 1.55. The summed E-state index contributed by atoms with van der Waals surface area (Å²) in [5.74, 6) is -0.929. The van der Waals surface area contributed by atoms with Crippen LogP contribution in [0.3, 0.4) is 0 Å². The standard InChI is InChI=1S/C21H24N4O4S/c26-18(25-21-22-11-4-12-23-21)10-8-15-7-9-17(30-15)20(29)24-16(13-19(27)28)14-5-2-1-3-6-14/h1-3,5-7,9,16H,4,8,10-13H2,(H,24,29)(H,27,28)(H2,22,23,25,26)/t16-/m0/s1. The number of amides is 2. The van der Waals surface area contributed by atoms with Crippen LogP contribution in [0.25, 0.3) is 0 Å². The van der Waals surface area contributed by atoms with Gasteiger partial charge in [0.1, 0.15) is 0 Å². The zero-order chi connectivity index (χ0) is 21.3. The molecule has 1 aromatic heterocycles. The molecule has 2 aromatic rings. The minimum atomic E-state index is -0.987. The Morgan fingerprint density at radius 1 is 1.17 bits per heavy atom. The normalized spacial score (nSPS) is 14.2. The van der Waals surface area contributed by atoms with Crippen LogP contribution in [0, 0.1) is 0 Å². The van der Waals surface area contributed by atoms with Crippen LogP contribution in [-0.2, 0) is 16.0 Å². The van der Waals surface area contributed by atoms with E-state index in [-0.39, 0.29) is 24.7 Å². The van der Waals surface area contributed by atoms with Crippen LogP contribution in [0.2, 0.25) is 0 Å². The van der Waals surface area contributed by atoms with Crippen LogP contribution >= 0.6 is 11.3 Å². The zero-order valence-corrected chi connectivity index (χ0v) is 17.2. The number of carboxylic acid groups (broad SMARTS) is 1. The van der Waals surface area contributed by atoms with Crippen molar-refractivity contribution in [3.8, 4) is 0 Å². The average molecular weight is 429 g/mol. The number of aliphatic imine (C=N–C) groups is 1. The molecule has 1 aliphatic heterocycles. The molecule has 0 bridgehead atoms. The number of guanidine groups is 1. The molecule has 0 aliphatic carbocycles. The second kappa shape index (κ2) is 10.5. The van der Waals surface area contributed by atoms with E-state index < -0.39 is 12.0 Å². The lowest BCUT2D eigenvalue weighted by Gasteiger charge is -2.16. The lowest BCUT2D eigenvalue weighted by Crippen LogP contribution is -2.43. The third kappa shape index (κ3) is 6.41. The predicted octanol–water partition coefficient (Wildman–Crippen LogP) is 2.09. The lowest BCUT2D eigenvalue weighted by atomic mass is 10.0. The molecule has 0 fully saturated rings. The van der Waals surface area contributed by atoms with E-state index in [0.29, 0.717) is 23.8 Å². The highest BCUT2D eigenvalue weighted by molar-refractivity contribution is 7.14. The Bertz CT molecular complexity index is 926. The molecule has 1 atom stereocenters. The number of nitrogens with zero attached hydrogens (tertiary/aromatic N) is 1. The quantitative estimate of drug-likeness (QED) is 0.513. The Kier molecular flexibility index (Phi) is 7.56. The fourth-order valence-electron chi connectivity index (χ4n) is 3.02. The first-order chi connectivity index (χ1) is 14.5. The molecule has 8 nitrogen and oxygen atoms in total. The summed E-state index contributed by atoms with van der Waals surface area (Å²) >= 11 is 1.30. The van der Waals surface area contributed by atoms with Crippen LogP contribution in [0.5, 0.6) is 0 Å². The average Bonchev–Trinajstić information content (AvgIpc) is 3.22. The first-order valence-electron chi connectivity index (χ1n) is 9.76. The number of carbonyl (C=O) groups is 3. The van der Waals surface area contributed by atoms with Crippen LogP contribution in [0.1, 0.15) is 45.4 Å². The van der Waals surface area contributed by atoms with E-state index in [1.54, 1.807) is 30.3 Å². The minimum absolute atomic E-state index is 0.131. The van der Waals surface area contributed by atoms with Gasteiger partial charge in [0.15, 0.2) is 5.96 Å². The summed E-state index contributed by atoms with van der Waals surface area (Å²) in [5, 5.41) is 17.8. The molecule has 1 aliphatic rings. The maximum atomic E-state index is 12.6. The molecule has 158 valence electrons. The van der Waals surface area contributed by atoms with Gasteiger partial charge < -0.3 is 15.7 Å². The van der Waals surface area contributed by atoms with Crippen LogP contribution in [-0.4, -0.2) is 41.9 Å². The zero-order valence-electron chi connectivity index (χ0n) is 16.4. The molecule has 0 unspecified atom stereocenters. The van der Waals surface area contributed by atoms with E-state index in [9.17, 15) is 19.5 Å². The van der Waals surface area contributed by atoms with Gasteiger partial charge in [-0.15, -0.1) is 11.3 Å². The molecular formula is C21H24N4O4S. The number of hydrogen-bond donors (Lipinski definition) is 4. The Labute approximate surface area is 178 Å². The van der Waals surface area contributed by atoms with Crippen molar-refractivity contribution in [1.29, 1.82) is 0 Å². The molecule has 0 radical (unpaired) electrons. The van der Waals surface area contributed by atoms with Crippen molar-refractivity contribution in [2.75, 3.05) is 13.1 Å². The predicted molar refractivity (Wildman–Crippen MR) is 115 cm³/mol. The number of hydrogen-bond acceptors (Lipinski definition) is 6. The van der Waals surface area contributed by atoms with Crippen molar-refractivity contribution < 1.29 is 19.5 Å². The fraction of sp³-hybridized carbons (Fsp3) is 0.333. The maximum Gasteiger partial charge on any atom is 0.305 e. The Hall–Kier alpha value is -3.20. The molecule has 9 heteroatoms. The molecule has 0 saturated heterocycles. The first kappa shape index (κ1) is 21.5. The Morgan fingerprint density at radius 2 is 1.97 bits per heavy atom. The summed E-state index contributed by atoms with van der Waals surface area (Å²) in [6, 6.07) is 11.9. The lowest BCUT2D eigenvalue weighted by molar-refractivity contribution is -0.137. The van der Waals surface area contributed by atoms with Crippen molar-refractivity contribution in [1.82, 2.24) is 16.0 Å². The van der Waals surface area contributed by atoms with Crippen molar-refractivity contribution in [2.24, 2.45) is 4.99 Å². The van der Waals surface area contributed by atoms with E-state index in [1.165, 1.54) is 11.3 Å². The minimum Gasteiger partial charge on any atom is -0.481 e. The molecule has 0 saturated carbocycles. The highest BCUT2D eigenvalue weighted by atomic mass is 32.1.